The van der Waals surface area contributed by atoms with Crippen molar-refractivity contribution in [3.63, 3.8) is 0 Å². The van der Waals surface area contributed by atoms with Crippen LogP contribution in [-0.2, 0) is 6.54 Å². The van der Waals surface area contributed by atoms with Gasteiger partial charge < -0.3 is 24.1 Å². The molecule has 2 rings (SSSR count). The van der Waals surface area contributed by atoms with E-state index in [1.165, 1.54) is 5.56 Å². The van der Waals surface area contributed by atoms with Crippen molar-refractivity contribution in [3.8, 4) is 11.5 Å². The van der Waals surface area contributed by atoms with Crippen LogP contribution in [0, 0.1) is 0 Å². The molecule has 0 aliphatic carbocycles. The molecule has 0 radical (unpaired) electrons. The van der Waals surface area contributed by atoms with Gasteiger partial charge in [0.25, 0.3) is 0 Å². The number of methoxy groups -OCH3 is 2. The lowest BCUT2D eigenvalue weighted by atomic mass is 10.0. The second-order valence-corrected chi connectivity index (χ2v) is 6.21. The topological polar surface area (TPSA) is 46.9 Å². The van der Waals surface area contributed by atoms with Crippen LogP contribution in [-0.4, -0.2) is 39.8 Å². The van der Waals surface area contributed by atoms with E-state index >= 15 is 0 Å². The molecule has 0 fully saturated rings. The SMILES string of the molecule is COc1ccc(C(CNCc2ccc(Br)o2)N(C)C)cc1OC. The highest BCUT2D eigenvalue weighted by Crippen LogP contribution is 2.31. The molecule has 1 unspecified atom stereocenters. The number of halogens is 1. The van der Waals surface area contributed by atoms with Crippen LogP contribution in [0.2, 0.25) is 0 Å². The third kappa shape index (κ3) is 4.73. The predicted molar refractivity (Wildman–Crippen MR) is 94.1 cm³/mol. The van der Waals surface area contributed by atoms with Crippen molar-refractivity contribution in [2.45, 2.75) is 12.6 Å². The lowest BCUT2D eigenvalue weighted by Crippen LogP contribution is -2.30. The van der Waals surface area contributed by atoms with Gasteiger partial charge in [-0.25, -0.2) is 0 Å². The number of furan rings is 1. The van der Waals surface area contributed by atoms with Crippen LogP contribution in [0.1, 0.15) is 17.4 Å². The average Bonchev–Trinajstić information content (AvgIpc) is 2.96. The maximum absolute atomic E-state index is 5.50. The fraction of sp³-hybridized carbons (Fsp3) is 0.412. The minimum atomic E-state index is 0.216. The number of nitrogens with one attached hydrogen (secondary N) is 1. The smallest absolute Gasteiger partial charge is 0.169 e. The summed E-state index contributed by atoms with van der Waals surface area (Å²) < 4.78 is 17.0. The molecule has 0 amide bonds. The van der Waals surface area contributed by atoms with Crippen molar-refractivity contribution in [1.82, 2.24) is 10.2 Å². The number of hydrogen-bond acceptors (Lipinski definition) is 5. The van der Waals surface area contributed by atoms with Gasteiger partial charge in [0, 0.05) is 12.6 Å². The summed E-state index contributed by atoms with van der Waals surface area (Å²) in [5, 5.41) is 3.43. The summed E-state index contributed by atoms with van der Waals surface area (Å²) in [6.45, 7) is 1.48. The van der Waals surface area contributed by atoms with E-state index in [4.69, 9.17) is 13.9 Å². The van der Waals surface area contributed by atoms with Crippen LogP contribution in [0.25, 0.3) is 0 Å². The maximum Gasteiger partial charge on any atom is 0.169 e. The summed E-state index contributed by atoms with van der Waals surface area (Å²) >= 11 is 3.31. The monoisotopic (exact) mass is 382 g/mol. The Morgan fingerprint density at radius 2 is 1.87 bits per heavy atom. The van der Waals surface area contributed by atoms with Gasteiger partial charge in [-0.2, -0.15) is 0 Å². The standard InChI is InChI=1S/C17H23BrN2O3/c1-20(2)14(11-19-10-13-6-8-17(18)23-13)12-5-7-15(21-3)16(9-12)22-4/h5-9,14,19H,10-11H2,1-4H3. The first-order chi connectivity index (χ1) is 11.0. The Morgan fingerprint density at radius 3 is 2.43 bits per heavy atom. The second-order valence-electron chi connectivity index (χ2n) is 5.43. The summed E-state index contributed by atoms with van der Waals surface area (Å²) in [6.07, 6.45) is 0. The van der Waals surface area contributed by atoms with Gasteiger partial charge in [-0.3, -0.25) is 0 Å². The minimum Gasteiger partial charge on any atom is -0.493 e. The van der Waals surface area contributed by atoms with E-state index in [1.807, 2.05) is 24.3 Å². The van der Waals surface area contributed by atoms with E-state index in [0.717, 1.165) is 28.5 Å². The molecule has 1 N–H and O–H groups in total. The number of likely N-dealkylation sites (N-methyl/N-ethyl adjacent to an activating group) is 1. The molecule has 0 spiro atoms. The van der Waals surface area contributed by atoms with Gasteiger partial charge in [0.1, 0.15) is 5.76 Å². The number of ether oxygens (including phenoxy) is 2. The average molecular weight is 383 g/mol. The van der Waals surface area contributed by atoms with Gasteiger partial charge in [0.2, 0.25) is 0 Å². The molecule has 1 heterocycles. The first-order valence-electron chi connectivity index (χ1n) is 7.38. The zero-order valence-electron chi connectivity index (χ0n) is 13.9. The number of benzene rings is 1. The zero-order valence-corrected chi connectivity index (χ0v) is 15.5. The molecule has 1 atom stereocenters. The number of hydrogen-bond donors (Lipinski definition) is 1. The molecule has 0 bridgehead atoms. The van der Waals surface area contributed by atoms with Gasteiger partial charge in [0.15, 0.2) is 16.2 Å². The minimum absolute atomic E-state index is 0.216. The van der Waals surface area contributed by atoms with Crippen LogP contribution in [0.4, 0.5) is 0 Å². The molecule has 0 saturated carbocycles. The zero-order chi connectivity index (χ0) is 16.8. The van der Waals surface area contributed by atoms with Crippen molar-refractivity contribution in [1.29, 1.82) is 0 Å². The van der Waals surface area contributed by atoms with Crippen LogP contribution in [0.5, 0.6) is 11.5 Å². The fourth-order valence-corrected chi connectivity index (χ4v) is 2.78. The lowest BCUT2D eigenvalue weighted by Gasteiger charge is -2.25. The van der Waals surface area contributed by atoms with E-state index < -0.39 is 0 Å². The van der Waals surface area contributed by atoms with Gasteiger partial charge in [-0.1, -0.05) is 6.07 Å². The Labute approximate surface area is 145 Å². The maximum atomic E-state index is 5.50. The van der Waals surface area contributed by atoms with Crippen LogP contribution >= 0.6 is 15.9 Å². The van der Waals surface area contributed by atoms with Crippen LogP contribution in [0.3, 0.4) is 0 Å². The van der Waals surface area contributed by atoms with Gasteiger partial charge in [0.05, 0.1) is 20.8 Å². The largest absolute Gasteiger partial charge is 0.493 e. The fourth-order valence-electron chi connectivity index (χ4n) is 2.44. The van der Waals surface area contributed by atoms with Crippen LogP contribution in [0.15, 0.2) is 39.4 Å². The highest BCUT2D eigenvalue weighted by atomic mass is 79.9. The molecule has 6 heteroatoms. The summed E-state index contributed by atoms with van der Waals surface area (Å²) in [5.41, 5.74) is 1.17. The summed E-state index contributed by atoms with van der Waals surface area (Å²) in [5.74, 6) is 2.38. The molecule has 126 valence electrons. The van der Waals surface area contributed by atoms with E-state index in [1.54, 1.807) is 14.2 Å². The van der Waals surface area contributed by atoms with E-state index in [0.29, 0.717) is 6.54 Å². The van der Waals surface area contributed by atoms with E-state index in [-0.39, 0.29) is 6.04 Å². The quantitative estimate of drug-likeness (QED) is 0.757. The molecule has 1 aromatic heterocycles. The molecule has 2 aromatic rings. The number of nitrogens with zero attached hydrogens (tertiary/aromatic N) is 1. The van der Waals surface area contributed by atoms with Crippen LogP contribution < -0.4 is 14.8 Å². The second kappa shape index (κ2) is 8.38. The van der Waals surface area contributed by atoms with Gasteiger partial charge in [-0.05, 0) is 59.9 Å². The molecular weight excluding hydrogens is 360 g/mol. The normalized spacial score (nSPS) is 12.4. The highest BCUT2D eigenvalue weighted by Gasteiger charge is 2.16. The molecule has 0 aliphatic rings. The van der Waals surface area contributed by atoms with Crippen molar-refractivity contribution >= 4 is 15.9 Å². The van der Waals surface area contributed by atoms with Crippen molar-refractivity contribution in [3.05, 3.63) is 46.3 Å². The van der Waals surface area contributed by atoms with Gasteiger partial charge >= 0.3 is 0 Å². The Morgan fingerprint density at radius 1 is 1.13 bits per heavy atom. The third-order valence-corrected chi connectivity index (χ3v) is 4.11. The Hall–Kier alpha value is -1.50. The predicted octanol–water partition coefficient (Wildman–Crippen LogP) is 3.45. The Balaban J connectivity index is 2.05. The third-order valence-electron chi connectivity index (χ3n) is 3.68. The Bertz CT molecular complexity index is 628. The van der Waals surface area contributed by atoms with Crippen molar-refractivity contribution in [2.24, 2.45) is 0 Å². The highest BCUT2D eigenvalue weighted by molar-refractivity contribution is 9.10. The molecule has 5 nitrogen and oxygen atoms in total. The molecule has 0 saturated heterocycles. The first kappa shape index (κ1) is 17.8. The Kier molecular flexibility index (Phi) is 6.50. The molecule has 1 aromatic carbocycles. The van der Waals surface area contributed by atoms with E-state index in [2.05, 4.69) is 46.3 Å². The number of rotatable bonds is 8. The molecule has 0 aliphatic heterocycles. The molecule has 23 heavy (non-hydrogen) atoms. The lowest BCUT2D eigenvalue weighted by molar-refractivity contribution is 0.283. The first-order valence-corrected chi connectivity index (χ1v) is 8.17. The summed E-state index contributed by atoms with van der Waals surface area (Å²) in [4.78, 5) is 2.17. The summed E-state index contributed by atoms with van der Waals surface area (Å²) in [6, 6.07) is 10.1. The van der Waals surface area contributed by atoms with Crippen molar-refractivity contribution in [2.75, 3.05) is 34.9 Å². The summed E-state index contributed by atoms with van der Waals surface area (Å²) in [7, 11) is 7.42. The van der Waals surface area contributed by atoms with E-state index in [9.17, 15) is 0 Å². The molecular formula is C17H23BrN2O3. The van der Waals surface area contributed by atoms with Gasteiger partial charge in [-0.15, -0.1) is 0 Å². The van der Waals surface area contributed by atoms with Crippen molar-refractivity contribution < 1.29 is 13.9 Å².